The first-order chi connectivity index (χ1) is 15.0. The van der Waals surface area contributed by atoms with E-state index < -0.39 is 51.1 Å². The molecule has 0 aliphatic heterocycles. The van der Waals surface area contributed by atoms with Gasteiger partial charge in [-0.25, -0.2) is 0 Å². The van der Waals surface area contributed by atoms with E-state index in [1.807, 2.05) is 0 Å². The third kappa shape index (κ3) is 4.81. The summed E-state index contributed by atoms with van der Waals surface area (Å²) in [5, 5.41) is 22.1. The number of allylic oxidation sites excluding steroid dienone is 4. The van der Waals surface area contributed by atoms with Crippen LogP contribution in [-0.4, -0.2) is 38.1 Å². The molecule has 3 rings (SSSR count). The molecular formula is C18H12N4O8S2. The average molecular weight is 476 g/mol. The normalized spacial score (nSPS) is 13.6. The minimum atomic E-state index is -4.44. The van der Waals surface area contributed by atoms with Gasteiger partial charge in [-0.15, -0.1) is 0 Å². The molecular weight excluding hydrogens is 464 g/mol. The van der Waals surface area contributed by atoms with Crippen LogP contribution in [0.2, 0.25) is 0 Å². The molecule has 32 heavy (non-hydrogen) atoms. The van der Waals surface area contributed by atoms with Crippen molar-refractivity contribution >= 4 is 42.8 Å². The molecule has 0 heterocycles. The maximum absolute atomic E-state index is 12.5. The molecule has 1 aliphatic rings. The van der Waals surface area contributed by atoms with Crippen LogP contribution in [-0.2, 0) is 20.0 Å². The molecule has 0 aromatic heterocycles. The lowest BCUT2D eigenvalue weighted by atomic mass is 10.1. The zero-order chi connectivity index (χ0) is 23.5. The van der Waals surface area contributed by atoms with Crippen molar-refractivity contribution in [1.82, 2.24) is 0 Å². The van der Waals surface area contributed by atoms with E-state index in [1.54, 1.807) is 0 Å². The van der Waals surface area contributed by atoms with Crippen molar-refractivity contribution in [3.05, 3.63) is 93.1 Å². The van der Waals surface area contributed by atoms with E-state index in [9.17, 15) is 37.1 Å². The fourth-order valence-corrected chi connectivity index (χ4v) is 4.91. The van der Waals surface area contributed by atoms with Crippen LogP contribution in [0, 0.1) is 20.2 Å². The monoisotopic (exact) mass is 476 g/mol. The Bertz CT molecular complexity index is 1330. The molecule has 0 fully saturated rings. The molecule has 1 aliphatic carbocycles. The van der Waals surface area contributed by atoms with Crippen LogP contribution in [0.25, 0.3) is 0 Å². The molecule has 0 spiro atoms. The van der Waals surface area contributed by atoms with E-state index in [4.69, 9.17) is 0 Å². The van der Waals surface area contributed by atoms with E-state index in [-0.39, 0.29) is 11.4 Å². The molecule has 0 unspecified atom stereocenters. The second-order valence-corrected chi connectivity index (χ2v) is 9.24. The van der Waals surface area contributed by atoms with Gasteiger partial charge in [-0.05, 0) is 36.4 Å². The number of para-hydroxylation sites is 2. The fraction of sp³-hybridized carbons (Fsp3) is 0. The maximum Gasteiger partial charge on any atom is 0.289 e. The quantitative estimate of drug-likeness (QED) is 0.346. The molecule has 0 saturated heterocycles. The predicted octanol–water partition coefficient (Wildman–Crippen LogP) is 2.59. The summed E-state index contributed by atoms with van der Waals surface area (Å²) in [6, 6.07) is 9.38. The van der Waals surface area contributed by atoms with Gasteiger partial charge in [0, 0.05) is 12.1 Å². The zero-order valence-electron chi connectivity index (χ0n) is 15.8. The van der Waals surface area contributed by atoms with Crippen LogP contribution in [0.15, 0.2) is 91.4 Å². The van der Waals surface area contributed by atoms with Gasteiger partial charge in [0.05, 0.1) is 21.3 Å². The van der Waals surface area contributed by atoms with Crippen LogP contribution in [0.4, 0.5) is 11.4 Å². The van der Waals surface area contributed by atoms with Gasteiger partial charge < -0.3 is 0 Å². The number of benzene rings is 2. The van der Waals surface area contributed by atoms with Gasteiger partial charge >= 0.3 is 0 Å². The number of hydrogen-bond acceptors (Lipinski definition) is 8. The fourth-order valence-electron chi connectivity index (χ4n) is 2.60. The van der Waals surface area contributed by atoms with E-state index in [0.717, 1.165) is 48.6 Å². The summed E-state index contributed by atoms with van der Waals surface area (Å²) in [7, 11) is -8.87. The van der Waals surface area contributed by atoms with Crippen molar-refractivity contribution in [3.8, 4) is 0 Å². The van der Waals surface area contributed by atoms with E-state index in [2.05, 4.69) is 8.80 Å². The van der Waals surface area contributed by atoms with Crippen molar-refractivity contribution in [2.24, 2.45) is 8.80 Å². The Hall–Kier alpha value is -4.04. The highest BCUT2D eigenvalue weighted by molar-refractivity contribution is 7.90. The first-order valence-electron chi connectivity index (χ1n) is 8.54. The molecule has 2 aromatic rings. The van der Waals surface area contributed by atoms with Crippen LogP contribution >= 0.6 is 0 Å². The molecule has 0 saturated carbocycles. The molecule has 0 radical (unpaired) electrons. The molecule has 0 atom stereocenters. The topological polar surface area (TPSA) is 179 Å². The van der Waals surface area contributed by atoms with Gasteiger partial charge in [0.1, 0.15) is 0 Å². The standard InChI is InChI=1S/C18H12N4O8S2/c23-21(24)15-5-1-3-7-17(15)31(27,28)19-13-9-11-14(12-10-13)20-32(29,30)18-8-4-2-6-16(18)22(25)26/h1-12H. The summed E-state index contributed by atoms with van der Waals surface area (Å²) >= 11 is 0. The summed E-state index contributed by atoms with van der Waals surface area (Å²) in [5.74, 6) is 0. The third-order valence-corrected chi connectivity index (χ3v) is 6.69. The Morgan fingerprint density at radius 2 is 0.906 bits per heavy atom. The molecule has 164 valence electrons. The maximum atomic E-state index is 12.5. The van der Waals surface area contributed by atoms with Gasteiger partial charge in [0.15, 0.2) is 9.79 Å². The zero-order valence-corrected chi connectivity index (χ0v) is 17.4. The van der Waals surface area contributed by atoms with Crippen molar-refractivity contribution in [3.63, 3.8) is 0 Å². The minimum Gasteiger partial charge on any atom is -0.258 e. The van der Waals surface area contributed by atoms with Crippen molar-refractivity contribution in [2.45, 2.75) is 9.79 Å². The lowest BCUT2D eigenvalue weighted by Crippen LogP contribution is -2.09. The Labute approximate surface area is 181 Å². The smallest absolute Gasteiger partial charge is 0.258 e. The SMILES string of the molecule is O=[N+]([O-])c1ccccc1S(=O)(=O)N=C1C=CC(=NS(=O)(=O)c2ccccc2[N+](=O)[O-])C=C1. The van der Waals surface area contributed by atoms with Crippen LogP contribution in [0.5, 0.6) is 0 Å². The summed E-state index contributed by atoms with van der Waals surface area (Å²) in [6.07, 6.45) is 4.56. The van der Waals surface area contributed by atoms with Gasteiger partial charge in [0.2, 0.25) is 0 Å². The van der Waals surface area contributed by atoms with E-state index >= 15 is 0 Å². The van der Waals surface area contributed by atoms with Crippen LogP contribution in [0.1, 0.15) is 0 Å². The minimum absolute atomic E-state index is 0.134. The highest BCUT2D eigenvalue weighted by Crippen LogP contribution is 2.26. The first kappa shape index (κ1) is 22.6. The number of nitro benzene ring substituents is 2. The number of hydrogen-bond donors (Lipinski definition) is 0. The number of nitro groups is 2. The van der Waals surface area contributed by atoms with Crippen molar-refractivity contribution < 1.29 is 26.7 Å². The van der Waals surface area contributed by atoms with Crippen LogP contribution in [0.3, 0.4) is 0 Å². The number of sulfonamides is 2. The van der Waals surface area contributed by atoms with E-state index in [0.29, 0.717) is 0 Å². The second kappa shape index (κ2) is 8.60. The number of rotatable bonds is 6. The average Bonchev–Trinajstić information content (AvgIpc) is 2.74. The predicted molar refractivity (Wildman–Crippen MR) is 114 cm³/mol. The molecule has 0 bridgehead atoms. The summed E-state index contributed by atoms with van der Waals surface area (Å²) in [5.41, 5.74) is -1.55. The van der Waals surface area contributed by atoms with Gasteiger partial charge in [0.25, 0.3) is 31.4 Å². The molecule has 0 amide bonds. The van der Waals surface area contributed by atoms with E-state index in [1.165, 1.54) is 24.3 Å². The molecule has 14 heteroatoms. The van der Waals surface area contributed by atoms with Gasteiger partial charge in [-0.1, -0.05) is 24.3 Å². The lowest BCUT2D eigenvalue weighted by molar-refractivity contribution is -0.388. The molecule has 0 N–H and O–H groups in total. The van der Waals surface area contributed by atoms with Crippen molar-refractivity contribution in [1.29, 1.82) is 0 Å². The van der Waals surface area contributed by atoms with Gasteiger partial charge in [-0.2, -0.15) is 25.6 Å². The second-order valence-electron chi connectivity index (χ2n) is 6.10. The summed E-state index contributed by atoms with van der Waals surface area (Å²) in [4.78, 5) is 19.2. The highest BCUT2D eigenvalue weighted by atomic mass is 32.2. The highest BCUT2D eigenvalue weighted by Gasteiger charge is 2.26. The summed E-state index contributed by atoms with van der Waals surface area (Å²) < 4.78 is 56.9. The third-order valence-electron chi connectivity index (χ3n) is 3.98. The Kier molecular flexibility index (Phi) is 6.09. The molecule has 2 aromatic carbocycles. The van der Waals surface area contributed by atoms with Crippen molar-refractivity contribution in [2.75, 3.05) is 0 Å². The largest absolute Gasteiger partial charge is 0.289 e. The van der Waals surface area contributed by atoms with Gasteiger partial charge in [-0.3, -0.25) is 20.2 Å². The van der Waals surface area contributed by atoms with Crippen LogP contribution < -0.4 is 0 Å². The molecule has 12 nitrogen and oxygen atoms in total. The Balaban J connectivity index is 1.92. The Morgan fingerprint density at radius 1 is 0.594 bits per heavy atom. The number of nitrogens with zero attached hydrogens (tertiary/aromatic N) is 4. The summed E-state index contributed by atoms with van der Waals surface area (Å²) in [6.45, 7) is 0. The first-order valence-corrected chi connectivity index (χ1v) is 11.4. The lowest BCUT2D eigenvalue weighted by Gasteiger charge is -2.05. The Morgan fingerprint density at radius 3 is 1.22 bits per heavy atom.